The van der Waals surface area contributed by atoms with E-state index in [2.05, 4.69) is 19.9 Å². The molecule has 6 nitrogen and oxygen atoms in total. The predicted octanol–water partition coefficient (Wildman–Crippen LogP) is 2.80. The molecule has 1 saturated heterocycles. The van der Waals surface area contributed by atoms with Crippen LogP contribution in [0, 0.1) is 6.92 Å². The van der Waals surface area contributed by atoms with Gasteiger partial charge in [0, 0.05) is 42.7 Å². The minimum absolute atomic E-state index is 0.0835. The van der Waals surface area contributed by atoms with E-state index in [0.717, 1.165) is 41.6 Å². The van der Waals surface area contributed by atoms with Gasteiger partial charge in [0.25, 0.3) is 5.91 Å². The largest absolute Gasteiger partial charge is 0.343 e. The molecule has 1 N–H and O–H groups in total. The van der Waals surface area contributed by atoms with Crippen LogP contribution in [0.1, 0.15) is 34.2 Å². The summed E-state index contributed by atoms with van der Waals surface area (Å²) in [6, 6.07) is 11.4. The number of H-pyrrole nitrogens is 1. The van der Waals surface area contributed by atoms with Gasteiger partial charge in [-0.25, -0.2) is 15.0 Å². The number of rotatable bonds is 3. The second-order valence-electron chi connectivity index (χ2n) is 6.27. The lowest BCUT2D eigenvalue weighted by Gasteiger charge is -2.17. The van der Waals surface area contributed by atoms with Crippen molar-refractivity contribution in [3.63, 3.8) is 0 Å². The molecule has 3 heterocycles. The van der Waals surface area contributed by atoms with Gasteiger partial charge in [0.05, 0.1) is 0 Å². The van der Waals surface area contributed by atoms with Gasteiger partial charge in [-0.2, -0.15) is 0 Å². The summed E-state index contributed by atoms with van der Waals surface area (Å²) in [6.07, 6.45) is 4.40. The molecule has 0 radical (unpaired) electrons. The SMILES string of the molecule is Cc1nc(-c2ncc[nH]2)cc(C2CCN(C(=O)c3ccccc3)C2)n1. The highest BCUT2D eigenvalue weighted by Gasteiger charge is 2.29. The Hall–Kier alpha value is -3.02. The van der Waals surface area contributed by atoms with Crippen LogP contribution in [0.3, 0.4) is 0 Å². The highest BCUT2D eigenvalue weighted by molar-refractivity contribution is 5.94. The van der Waals surface area contributed by atoms with Crippen molar-refractivity contribution >= 4 is 5.91 Å². The van der Waals surface area contributed by atoms with Gasteiger partial charge in [-0.1, -0.05) is 18.2 Å². The zero-order valence-electron chi connectivity index (χ0n) is 14.0. The monoisotopic (exact) mass is 333 g/mol. The number of likely N-dealkylation sites (tertiary alicyclic amines) is 1. The number of benzene rings is 1. The van der Waals surface area contributed by atoms with E-state index in [1.165, 1.54) is 0 Å². The van der Waals surface area contributed by atoms with Gasteiger partial charge in [-0.3, -0.25) is 4.79 Å². The van der Waals surface area contributed by atoms with Gasteiger partial charge in [0.15, 0.2) is 5.82 Å². The van der Waals surface area contributed by atoms with Crippen LogP contribution in [0.2, 0.25) is 0 Å². The van der Waals surface area contributed by atoms with Crippen molar-refractivity contribution in [1.29, 1.82) is 0 Å². The fraction of sp³-hybridized carbons (Fsp3) is 0.263. The molecule has 25 heavy (non-hydrogen) atoms. The standard InChI is InChI=1S/C19H19N5O/c1-13-22-16(11-17(23-13)18-20-8-9-21-18)15-7-10-24(12-15)19(25)14-5-3-2-4-6-14/h2-6,8-9,11,15H,7,10,12H2,1H3,(H,20,21). The van der Waals surface area contributed by atoms with Crippen molar-refractivity contribution < 1.29 is 4.79 Å². The van der Waals surface area contributed by atoms with E-state index in [1.54, 1.807) is 12.4 Å². The molecular formula is C19H19N5O. The minimum atomic E-state index is 0.0835. The summed E-state index contributed by atoms with van der Waals surface area (Å²) in [5, 5.41) is 0. The average Bonchev–Trinajstić information content (AvgIpc) is 3.33. The highest BCUT2D eigenvalue weighted by atomic mass is 16.2. The first-order valence-corrected chi connectivity index (χ1v) is 8.40. The Labute approximate surface area is 146 Å². The summed E-state index contributed by atoms with van der Waals surface area (Å²) < 4.78 is 0. The maximum Gasteiger partial charge on any atom is 0.253 e. The molecule has 1 aliphatic rings. The highest BCUT2D eigenvalue weighted by Crippen LogP contribution is 2.28. The number of hydrogen-bond acceptors (Lipinski definition) is 4. The summed E-state index contributed by atoms with van der Waals surface area (Å²) in [4.78, 5) is 30.9. The molecule has 6 heteroatoms. The number of amides is 1. The number of nitrogens with zero attached hydrogens (tertiary/aromatic N) is 4. The van der Waals surface area contributed by atoms with Gasteiger partial charge in [-0.15, -0.1) is 0 Å². The number of aryl methyl sites for hydroxylation is 1. The van der Waals surface area contributed by atoms with E-state index < -0.39 is 0 Å². The van der Waals surface area contributed by atoms with Crippen LogP contribution < -0.4 is 0 Å². The molecule has 0 aliphatic carbocycles. The smallest absolute Gasteiger partial charge is 0.253 e. The lowest BCUT2D eigenvalue weighted by molar-refractivity contribution is 0.0790. The first kappa shape index (κ1) is 15.5. The van der Waals surface area contributed by atoms with E-state index >= 15 is 0 Å². The Morgan fingerprint density at radius 1 is 1.24 bits per heavy atom. The molecular weight excluding hydrogens is 314 g/mol. The molecule has 1 unspecified atom stereocenters. The zero-order valence-corrected chi connectivity index (χ0v) is 14.0. The Balaban J connectivity index is 1.55. The third kappa shape index (κ3) is 3.15. The second kappa shape index (κ2) is 6.47. The number of carbonyl (C=O) groups excluding carboxylic acids is 1. The van der Waals surface area contributed by atoms with Crippen LogP contribution in [0.5, 0.6) is 0 Å². The number of carbonyl (C=O) groups is 1. The first-order chi connectivity index (χ1) is 12.2. The molecule has 1 amide bonds. The predicted molar refractivity (Wildman–Crippen MR) is 94.1 cm³/mol. The van der Waals surface area contributed by atoms with Crippen LogP contribution in [0.15, 0.2) is 48.8 Å². The Kier molecular flexibility index (Phi) is 4.01. The first-order valence-electron chi connectivity index (χ1n) is 8.40. The molecule has 3 aromatic rings. The van der Waals surface area contributed by atoms with Crippen LogP contribution in [-0.2, 0) is 0 Å². The third-order valence-electron chi connectivity index (χ3n) is 4.51. The van der Waals surface area contributed by atoms with Crippen LogP contribution in [-0.4, -0.2) is 43.8 Å². The molecule has 126 valence electrons. The fourth-order valence-electron chi connectivity index (χ4n) is 3.28. The van der Waals surface area contributed by atoms with Gasteiger partial charge in [0.2, 0.25) is 0 Å². The average molecular weight is 333 g/mol. The van der Waals surface area contributed by atoms with Gasteiger partial charge >= 0.3 is 0 Å². The summed E-state index contributed by atoms with van der Waals surface area (Å²) in [7, 11) is 0. The van der Waals surface area contributed by atoms with Gasteiger partial charge < -0.3 is 9.88 Å². The van der Waals surface area contributed by atoms with Crippen molar-refractivity contribution in [2.45, 2.75) is 19.3 Å². The quantitative estimate of drug-likeness (QED) is 0.800. The van der Waals surface area contributed by atoms with Crippen LogP contribution in [0.4, 0.5) is 0 Å². The summed E-state index contributed by atoms with van der Waals surface area (Å²) in [5.41, 5.74) is 2.50. The van der Waals surface area contributed by atoms with Crippen molar-refractivity contribution in [1.82, 2.24) is 24.8 Å². The van der Waals surface area contributed by atoms with Crippen molar-refractivity contribution in [2.75, 3.05) is 13.1 Å². The topological polar surface area (TPSA) is 74.8 Å². The lowest BCUT2D eigenvalue weighted by atomic mass is 10.0. The molecule has 1 aromatic carbocycles. The molecule has 1 aliphatic heterocycles. The summed E-state index contributed by atoms with van der Waals surface area (Å²) in [6.45, 7) is 3.32. The fourth-order valence-corrected chi connectivity index (χ4v) is 3.28. The zero-order chi connectivity index (χ0) is 17.2. The minimum Gasteiger partial charge on any atom is -0.343 e. The normalized spacial score (nSPS) is 17.0. The lowest BCUT2D eigenvalue weighted by Crippen LogP contribution is -2.28. The second-order valence-corrected chi connectivity index (χ2v) is 6.27. The number of imidazole rings is 1. The molecule has 1 atom stereocenters. The van der Waals surface area contributed by atoms with Crippen LogP contribution in [0.25, 0.3) is 11.5 Å². The number of aromatic nitrogens is 4. The molecule has 4 rings (SSSR count). The molecule has 0 spiro atoms. The van der Waals surface area contributed by atoms with Crippen molar-refractivity contribution in [3.8, 4) is 11.5 Å². The van der Waals surface area contributed by atoms with E-state index in [4.69, 9.17) is 0 Å². The number of nitrogens with one attached hydrogen (secondary N) is 1. The van der Waals surface area contributed by atoms with E-state index in [-0.39, 0.29) is 11.8 Å². The number of aromatic amines is 1. The molecule has 2 aromatic heterocycles. The summed E-state index contributed by atoms with van der Waals surface area (Å²) >= 11 is 0. The van der Waals surface area contributed by atoms with Crippen LogP contribution >= 0.6 is 0 Å². The molecule has 0 saturated carbocycles. The van der Waals surface area contributed by atoms with E-state index in [1.807, 2.05) is 48.2 Å². The van der Waals surface area contributed by atoms with E-state index in [9.17, 15) is 4.79 Å². The molecule has 1 fully saturated rings. The molecule has 0 bridgehead atoms. The maximum atomic E-state index is 12.6. The number of hydrogen-bond donors (Lipinski definition) is 1. The van der Waals surface area contributed by atoms with Gasteiger partial charge in [-0.05, 0) is 31.5 Å². The Bertz CT molecular complexity index is 876. The Morgan fingerprint density at radius 2 is 2.08 bits per heavy atom. The summed E-state index contributed by atoms with van der Waals surface area (Å²) in [5.74, 6) is 1.77. The van der Waals surface area contributed by atoms with E-state index in [0.29, 0.717) is 6.54 Å². The third-order valence-corrected chi connectivity index (χ3v) is 4.51. The Morgan fingerprint density at radius 3 is 2.84 bits per heavy atom. The van der Waals surface area contributed by atoms with Gasteiger partial charge in [0.1, 0.15) is 11.5 Å². The van der Waals surface area contributed by atoms with Crippen molar-refractivity contribution in [2.24, 2.45) is 0 Å². The van der Waals surface area contributed by atoms with Crippen molar-refractivity contribution in [3.05, 3.63) is 65.9 Å². The maximum absolute atomic E-state index is 12.6.